The predicted molar refractivity (Wildman–Crippen MR) is 98.7 cm³/mol. The van der Waals surface area contributed by atoms with E-state index in [9.17, 15) is 36.3 Å². The lowest BCUT2D eigenvalue weighted by atomic mass is 10.2. The number of benzene rings is 2. The quantitative estimate of drug-likeness (QED) is 0.646. The Morgan fingerprint density at radius 3 is 2.33 bits per heavy atom. The van der Waals surface area contributed by atoms with E-state index in [0.717, 1.165) is 28.9 Å². The molecule has 0 atom stereocenters. The lowest BCUT2D eigenvalue weighted by molar-refractivity contribution is -0.274. The second-order valence-electron chi connectivity index (χ2n) is 5.99. The normalized spacial score (nSPS) is 12.1. The summed E-state index contributed by atoms with van der Waals surface area (Å²) >= 11 is 0. The van der Waals surface area contributed by atoms with Crippen LogP contribution in [0.2, 0.25) is 0 Å². The van der Waals surface area contributed by atoms with Gasteiger partial charge < -0.3 is 9.84 Å². The van der Waals surface area contributed by atoms with Crippen molar-refractivity contribution in [3.05, 3.63) is 58.4 Å². The van der Waals surface area contributed by atoms with E-state index in [0.29, 0.717) is 0 Å². The zero-order chi connectivity index (χ0) is 22.3. The second kappa shape index (κ2) is 7.44. The fraction of sp³-hybridized carbons (Fsp3) is 0.167. The molecule has 12 heteroatoms. The van der Waals surface area contributed by atoms with Crippen molar-refractivity contribution in [1.29, 1.82) is 0 Å². The molecule has 0 aliphatic rings. The summed E-state index contributed by atoms with van der Waals surface area (Å²) in [6, 6.07) is 8.14. The zero-order valence-electron chi connectivity index (χ0n) is 15.2. The molecule has 8 nitrogen and oxygen atoms in total. The summed E-state index contributed by atoms with van der Waals surface area (Å²) < 4.78 is 66.7. The first-order valence-electron chi connectivity index (χ1n) is 8.33. The van der Waals surface area contributed by atoms with E-state index in [1.54, 1.807) is 0 Å². The van der Waals surface area contributed by atoms with Crippen LogP contribution in [-0.2, 0) is 9.84 Å². The SMILES string of the molecule is CCS(=O)(=O)c1cccc2c1c(=O)c(C(=O)O)nn2-c1ccc(OC(F)(F)F)cc1. The third-order valence-electron chi connectivity index (χ3n) is 4.11. The molecule has 0 aliphatic carbocycles. The Bertz CT molecular complexity index is 1300. The highest BCUT2D eigenvalue weighted by atomic mass is 32.2. The summed E-state index contributed by atoms with van der Waals surface area (Å²) in [7, 11) is -3.89. The Morgan fingerprint density at radius 1 is 1.17 bits per heavy atom. The number of carboxylic acid groups (broad SMARTS) is 1. The molecule has 0 radical (unpaired) electrons. The van der Waals surface area contributed by atoms with E-state index < -0.39 is 39.0 Å². The Hall–Kier alpha value is -3.41. The van der Waals surface area contributed by atoms with Crippen molar-refractivity contribution < 1.29 is 36.2 Å². The monoisotopic (exact) mass is 442 g/mol. The van der Waals surface area contributed by atoms with Crippen molar-refractivity contribution in [2.45, 2.75) is 18.2 Å². The molecule has 1 heterocycles. The molecule has 30 heavy (non-hydrogen) atoms. The molecule has 0 aliphatic heterocycles. The number of rotatable bonds is 5. The third kappa shape index (κ3) is 3.99. The van der Waals surface area contributed by atoms with Crippen LogP contribution in [0.1, 0.15) is 17.4 Å². The van der Waals surface area contributed by atoms with E-state index in [-0.39, 0.29) is 27.2 Å². The third-order valence-corrected chi connectivity index (χ3v) is 5.88. The van der Waals surface area contributed by atoms with Crippen molar-refractivity contribution in [1.82, 2.24) is 9.78 Å². The highest BCUT2D eigenvalue weighted by Crippen LogP contribution is 2.26. The van der Waals surface area contributed by atoms with Gasteiger partial charge in [0, 0.05) is 0 Å². The number of carbonyl (C=O) groups is 1. The van der Waals surface area contributed by atoms with E-state index in [4.69, 9.17) is 0 Å². The average molecular weight is 442 g/mol. The summed E-state index contributed by atoms with van der Waals surface area (Å²) in [5, 5.41) is 12.7. The van der Waals surface area contributed by atoms with Crippen LogP contribution in [0.25, 0.3) is 16.6 Å². The molecule has 0 unspecified atom stereocenters. The Kier molecular flexibility index (Phi) is 5.29. The molecule has 0 amide bonds. The highest BCUT2D eigenvalue weighted by Gasteiger charge is 2.31. The van der Waals surface area contributed by atoms with Gasteiger partial charge in [-0.3, -0.25) is 4.79 Å². The van der Waals surface area contributed by atoms with Crippen LogP contribution in [0.15, 0.2) is 52.2 Å². The van der Waals surface area contributed by atoms with Crippen LogP contribution in [0, 0.1) is 0 Å². The van der Waals surface area contributed by atoms with Gasteiger partial charge in [-0.2, -0.15) is 5.10 Å². The van der Waals surface area contributed by atoms with Gasteiger partial charge in [-0.15, -0.1) is 13.2 Å². The Labute approximate surface area is 167 Å². The van der Waals surface area contributed by atoms with Crippen LogP contribution in [0.5, 0.6) is 5.75 Å². The number of nitrogens with zero attached hydrogens (tertiary/aromatic N) is 2. The van der Waals surface area contributed by atoms with Gasteiger partial charge in [0.1, 0.15) is 5.75 Å². The second-order valence-corrected chi connectivity index (χ2v) is 8.24. The number of hydrogen-bond acceptors (Lipinski definition) is 6. The first-order chi connectivity index (χ1) is 13.9. The Balaban J connectivity index is 2.33. The topological polar surface area (TPSA) is 116 Å². The number of ether oxygens (including phenoxy) is 1. The summed E-state index contributed by atoms with van der Waals surface area (Å²) in [5.74, 6) is -2.54. The number of aromatic nitrogens is 2. The number of fused-ring (bicyclic) bond motifs is 1. The highest BCUT2D eigenvalue weighted by molar-refractivity contribution is 7.91. The van der Waals surface area contributed by atoms with Crippen molar-refractivity contribution in [2.24, 2.45) is 0 Å². The minimum absolute atomic E-state index is 0.0241. The van der Waals surface area contributed by atoms with E-state index in [1.807, 2.05) is 0 Å². The van der Waals surface area contributed by atoms with Crippen LogP contribution in [0.3, 0.4) is 0 Å². The molecule has 158 valence electrons. The average Bonchev–Trinajstić information content (AvgIpc) is 2.67. The maximum absolute atomic E-state index is 12.7. The van der Waals surface area contributed by atoms with Gasteiger partial charge in [-0.25, -0.2) is 17.9 Å². The van der Waals surface area contributed by atoms with Crippen molar-refractivity contribution in [3.8, 4) is 11.4 Å². The molecule has 1 N–H and O–H groups in total. The van der Waals surface area contributed by atoms with Crippen LogP contribution in [0.4, 0.5) is 13.2 Å². The smallest absolute Gasteiger partial charge is 0.476 e. The van der Waals surface area contributed by atoms with E-state index in [1.165, 1.54) is 25.1 Å². The van der Waals surface area contributed by atoms with E-state index >= 15 is 0 Å². The first-order valence-corrected chi connectivity index (χ1v) is 9.98. The largest absolute Gasteiger partial charge is 0.573 e. The maximum Gasteiger partial charge on any atom is 0.573 e. The van der Waals surface area contributed by atoms with Crippen LogP contribution >= 0.6 is 0 Å². The molecule has 0 fully saturated rings. The molecule has 0 saturated heterocycles. The molecular weight excluding hydrogens is 429 g/mol. The molecular formula is C18H13F3N2O6S. The summed E-state index contributed by atoms with van der Waals surface area (Å²) in [4.78, 5) is 23.8. The maximum atomic E-state index is 12.7. The Morgan fingerprint density at radius 2 is 1.80 bits per heavy atom. The van der Waals surface area contributed by atoms with Gasteiger partial charge in [0.25, 0.3) is 0 Å². The molecule has 0 spiro atoms. The van der Waals surface area contributed by atoms with Crippen molar-refractivity contribution in [2.75, 3.05) is 5.75 Å². The molecule has 3 rings (SSSR count). The number of alkyl halides is 3. The molecule has 3 aromatic rings. The van der Waals surface area contributed by atoms with Crippen molar-refractivity contribution in [3.63, 3.8) is 0 Å². The van der Waals surface area contributed by atoms with Gasteiger partial charge in [-0.05, 0) is 36.4 Å². The lowest BCUT2D eigenvalue weighted by Crippen LogP contribution is -2.24. The van der Waals surface area contributed by atoms with Gasteiger partial charge >= 0.3 is 12.3 Å². The van der Waals surface area contributed by atoms with Gasteiger partial charge in [0.15, 0.2) is 9.84 Å². The fourth-order valence-corrected chi connectivity index (χ4v) is 3.89. The number of hydrogen-bond donors (Lipinski definition) is 1. The number of halogens is 3. The number of sulfone groups is 1. The van der Waals surface area contributed by atoms with Gasteiger partial charge in [0.2, 0.25) is 11.1 Å². The lowest BCUT2D eigenvalue weighted by Gasteiger charge is -2.14. The van der Waals surface area contributed by atoms with Crippen molar-refractivity contribution >= 4 is 26.7 Å². The van der Waals surface area contributed by atoms with Gasteiger partial charge in [0.05, 0.1) is 27.2 Å². The van der Waals surface area contributed by atoms with Crippen LogP contribution in [-0.4, -0.2) is 41.4 Å². The van der Waals surface area contributed by atoms with Crippen LogP contribution < -0.4 is 10.2 Å². The predicted octanol–water partition coefficient (Wildman–Crippen LogP) is 2.78. The van der Waals surface area contributed by atoms with Gasteiger partial charge in [-0.1, -0.05) is 13.0 Å². The summed E-state index contributed by atoms with van der Waals surface area (Å²) in [5.41, 5.74) is -1.96. The fourth-order valence-electron chi connectivity index (χ4n) is 2.78. The summed E-state index contributed by atoms with van der Waals surface area (Å²) in [6.07, 6.45) is -4.90. The minimum Gasteiger partial charge on any atom is -0.476 e. The molecule has 1 aromatic heterocycles. The number of aromatic carboxylic acids is 1. The minimum atomic E-state index is -4.90. The molecule has 0 saturated carbocycles. The zero-order valence-corrected chi connectivity index (χ0v) is 16.0. The first kappa shape index (κ1) is 21.3. The molecule has 2 aromatic carbocycles. The molecule has 0 bridgehead atoms. The number of carboxylic acids is 1. The summed E-state index contributed by atoms with van der Waals surface area (Å²) in [6.45, 7) is 1.37. The van der Waals surface area contributed by atoms with E-state index in [2.05, 4.69) is 9.84 Å². The standard InChI is InChI=1S/C18H13F3N2O6S/c1-2-30(27,28)13-5-3-4-12-14(13)16(24)15(17(25)26)22-23(12)10-6-8-11(9-7-10)29-18(19,20)21/h3-9H,2H2,1H3,(H,25,26).